The van der Waals surface area contributed by atoms with Crippen LogP contribution in [-0.2, 0) is 24.3 Å². The monoisotopic (exact) mass is 506 g/mol. The van der Waals surface area contributed by atoms with Crippen LogP contribution < -0.4 is 21.7 Å². The minimum absolute atomic E-state index is 0.139. The first-order valence-corrected chi connectivity index (χ1v) is 12.6. The van der Waals surface area contributed by atoms with Gasteiger partial charge in [0.05, 0.1) is 17.3 Å². The second-order valence-corrected chi connectivity index (χ2v) is 9.15. The number of nitrogens with zero attached hydrogens (tertiary/aromatic N) is 4. The van der Waals surface area contributed by atoms with Gasteiger partial charge < -0.3 is 26.6 Å². The molecule has 2 aromatic heterocycles. The highest BCUT2D eigenvalue weighted by Gasteiger charge is 2.25. The fourth-order valence-electron chi connectivity index (χ4n) is 4.72. The smallest absolute Gasteiger partial charge is 0.314 e. The molecule has 0 bridgehead atoms. The minimum Gasteiger partial charge on any atom is -0.381 e. The van der Waals surface area contributed by atoms with E-state index >= 15 is 0 Å². The molecule has 5 N–H and O–H groups in total. The Hall–Kier alpha value is -4.15. The number of hydrogen-bond acceptors (Lipinski definition) is 6. The Morgan fingerprint density at radius 2 is 1.92 bits per heavy atom. The first kappa shape index (κ1) is 25.9. The number of likely N-dealkylation sites (tertiary alicyclic amines) is 1. The molecule has 0 atom stereocenters. The molecule has 11 heteroatoms. The number of carbonyl (C=O) groups excluding carboxylic acids is 3. The van der Waals surface area contributed by atoms with Crippen LogP contribution in [0, 0.1) is 0 Å². The fourth-order valence-corrected chi connectivity index (χ4v) is 4.72. The highest BCUT2D eigenvalue weighted by atomic mass is 16.2. The standard InChI is InChI=1S/C26H34N8O3/c1-4-22-20(14-28-25(36)17-7-6-8-19(13-17)30-16(3)35)23(21-15-29-34(5-2)24(21)32-22)31-18-9-11-33(12-10-18)26(27)37/h6-8,13,15,18H,4-5,9-12,14H2,1-3H3,(H2,27,37)(H,28,36)(H,30,35)(H,31,32). The van der Waals surface area contributed by atoms with Gasteiger partial charge in [-0.05, 0) is 44.4 Å². The summed E-state index contributed by atoms with van der Waals surface area (Å²) in [5.74, 6) is -0.450. The van der Waals surface area contributed by atoms with E-state index in [0.717, 1.165) is 40.8 Å². The molecule has 4 amide bonds. The van der Waals surface area contributed by atoms with Crippen LogP contribution in [0.15, 0.2) is 30.5 Å². The van der Waals surface area contributed by atoms with Crippen LogP contribution in [0.2, 0.25) is 0 Å². The number of urea groups is 1. The summed E-state index contributed by atoms with van der Waals surface area (Å²) >= 11 is 0. The number of hydrogen-bond donors (Lipinski definition) is 4. The van der Waals surface area contributed by atoms with E-state index in [0.29, 0.717) is 37.3 Å². The average Bonchev–Trinajstić information content (AvgIpc) is 3.30. The van der Waals surface area contributed by atoms with Crippen LogP contribution in [0.5, 0.6) is 0 Å². The van der Waals surface area contributed by atoms with Crippen molar-refractivity contribution in [2.45, 2.75) is 59.2 Å². The van der Waals surface area contributed by atoms with Crippen molar-refractivity contribution in [2.75, 3.05) is 23.7 Å². The molecule has 0 saturated carbocycles. The summed E-state index contributed by atoms with van der Waals surface area (Å²) in [5.41, 5.74) is 9.97. The largest absolute Gasteiger partial charge is 0.381 e. The number of anilines is 2. The number of fused-ring (bicyclic) bond motifs is 1. The van der Waals surface area contributed by atoms with Gasteiger partial charge in [-0.15, -0.1) is 0 Å². The SMILES string of the molecule is CCc1nc2c(cnn2CC)c(NC2CCN(C(N)=O)CC2)c1CNC(=O)c1cccc(NC(C)=O)c1. The molecule has 1 aliphatic heterocycles. The van der Waals surface area contributed by atoms with Gasteiger partial charge in [0.1, 0.15) is 0 Å². The quantitative estimate of drug-likeness (QED) is 0.369. The maximum atomic E-state index is 13.0. The van der Waals surface area contributed by atoms with Gasteiger partial charge in [-0.2, -0.15) is 5.10 Å². The zero-order chi connectivity index (χ0) is 26.5. The van der Waals surface area contributed by atoms with Crippen molar-refractivity contribution in [1.29, 1.82) is 0 Å². The molecule has 0 aliphatic carbocycles. The van der Waals surface area contributed by atoms with Crippen molar-refractivity contribution < 1.29 is 14.4 Å². The highest BCUT2D eigenvalue weighted by molar-refractivity contribution is 5.97. The second-order valence-electron chi connectivity index (χ2n) is 9.15. The molecule has 11 nitrogen and oxygen atoms in total. The summed E-state index contributed by atoms with van der Waals surface area (Å²) in [6, 6.07) is 6.57. The van der Waals surface area contributed by atoms with E-state index in [4.69, 9.17) is 10.7 Å². The highest BCUT2D eigenvalue weighted by Crippen LogP contribution is 2.31. The summed E-state index contributed by atoms with van der Waals surface area (Å²) in [4.78, 5) is 42.6. The van der Waals surface area contributed by atoms with Gasteiger partial charge in [0, 0.05) is 61.7 Å². The normalized spacial score (nSPS) is 14.0. The Kier molecular flexibility index (Phi) is 7.90. The molecule has 0 unspecified atom stereocenters. The number of nitrogens with one attached hydrogen (secondary N) is 3. The summed E-state index contributed by atoms with van der Waals surface area (Å²) in [6.45, 7) is 7.63. The first-order valence-electron chi connectivity index (χ1n) is 12.6. The van der Waals surface area contributed by atoms with Crippen molar-refractivity contribution in [3.05, 3.63) is 47.3 Å². The molecule has 196 valence electrons. The zero-order valence-corrected chi connectivity index (χ0v) is 21.5. The van der Waals surface area contributed by atoms with Crippen molar-refractivity contribution in [2.24, 2.45) is 5.73 Å². The summed E-state index contributed by atoms with van der Waals surface area (Å²) in [5, 5.41) is 14.8. The lowest BCUT2D eigenvalue weighted by molar-refractivity contribution is -0.114. The first-order chi connectivity index (χ1) is 17.8. The lowest BCUT2D eigenvalue weighted by Gasteiger charge is -2.32. The maximum Gasteiger partial charge on any atom is 0.314 e. The Morgan fingerprint density at radius 1 is 1.16 bits per heavy atom. The third-order valence-electron chi connectivity index (χ3n) is 6.63. The van der Waals surface area contributed by atoms with Crippen molar-refractivity contribution in [1.82, 2.24) is 25.0 Å². The predicted octanol–water partition coefficient (Wildman–Crippen LogP) is 2.86. The fraction of sp³-hybridized carbons (Fsp3) is 0.423. The minimum atomic E-state index is -0.395. The molecule has 3 aromatic rings. The molecule has 0 spiro atoms. The Balaban J connectivity index is 1.62. The number of amides is 4. The number of primary amides is 1. The lowest BCUT2D eigenvalue weighted by Crippen LogP contribution is -2.44. The van der Waals surface area contributed by atoms with E-state index in [2.05, 4.69) is 21.0 Å². The average molecular weight is 507 g/mol. The third-order valence-corrected chi connectivity index (χ3v) is 6.63. The zero-order valence-electron chi connectivity index (χ0n) is 21.5. The molecular formula is C26H34N8O3. The van der Waals surface area contributed by atoms with Crippen LogP contribution in [0.25, 0.3) is 11.0 Å². The van der Waals surface area contributed by atoms with Gasteiger partial charge in [-0.3, -0.25) is 9.59 Å². The van der Waals surface area contributed by atoms with E-state index in [-0.39, 0.29) is 24.4 Å². The molecule has 4 rings (SSSR count). The number of rotatable bonds is 8. The van der Waals surface area contributed by atoms with E-state index in [1.54, 1.807) is 29.2 Å². The van der Waals surface area contributed by atoms with E-state index in [1.807, 2.05) is 24.7 Å². The summed E-state index contributed by atoms with van der Waals surface area (Å²) < 4.78 is 1.87. The van der Waals surface area contributed by atoms with Gasteiger partial charge >= 0.3 is 6.03 Å². The number of aryl methyl sites for hydroxylation is 2. The molecule has 1 aliphatic rings. The molecule has 1 fully saturated rings. The van der Waals surface area contributed by atoms with E-state index < -0.39 is 6.03 Å². The van der Waals surface area contributed by atoms with Crippen LogP contribution in [0.3, 0.4) is 0 Å². The number of piperidine rings is 1. The van der Waals surface area contributed by atoms with Crippen LogP contribution in [-0.4, -0.2) is 56.6 Å². The van der Waals surface area contributed by atoms with Crippen molar-refractivity contribution >= 4 is 40.3 Å². The topological polar surface area (TPSA) is 147 Å². The van der Waals surface area contributed by atoms with Gasteiger partial charge in [0.15, 0.2) is 5.65 Å². The molecule has 37 heavy (non-hydrogen) atoms. The van der Waals surface area contributed by atoms with Crippen LogP contribution in [0.1, 0.15) is 55.2 Å². The van der Waals surface area contributed by atoms with Crippen molar-refractivity contribution in [3.8, 4) is 0 Å². The Bertz CT molecular complexity index is 1310. The van der Waals surface area contributed by atoms with Gasteiger partial charge in [-0.25, -0.2) is 14.5 Å². The Labute approximate surface area is 215 Å². The molecule has 1 saturated heterocycles. The van der Waals surface area contributed by atoms with Crippen LogP contribution in [0.4, 0.5) is 16.2 Å². The summed E-state index contributed by atoms with van der Waals surface area (Å²) in [6.07, 6.45) is 4.02. The number of pyridine rings is 1. The molecular weight excluding hydrogens is 472 g/mol. The summed E-state index contributed by atoms with van der Waals surface area (Å²) in [7, 11) is 0. The van der Waals surface area contributed by atoms with Gasteiger partial charge in [0.25, 0.3) is 5.91 Å². The lowest BCUT2D eigenvalue weighted by atomic mass is 10.0. The predicted molar refractivity (Wildman–Crippen MR) is 142 cm³/mol. The second kappa shape index (κ2) is 11.3. The van der Waals surface area contributed by atoms with E-state index in [1.165, 1.54) is 6.92 Å². The molecule has 0 radical (unpaired) electrons. The van der Waals surface area contributed by atoms with Gasteiger partial charge in [-0.1, -0.05) is 13.0 Å². The van der Waals surface area contributed by atoms with Crippen LogP contribution >= 0.6 is 0 Å². The Morgan fingerprint density at radius 3 is 2.57 bits per heavy atom. The number of benzene rings is 1. The van der Waals surface area contributed by atoms with Gasteiger partial charge in [0.2, 0.25) is 5.91 Å². The third kappa shape index (κ3) is 5.82. The number of aromatic nitrogens is 3. The van der Waals surface area contributed by atoms with E-state index in [9.17, 15) is 14.4 Å². The molecule has 1 aromatic carbocycles. The maximum absolute atomic E-state index is 13.0. The molecule has 3 heterocycles. The van der Waals surface area contributed by atoms with Crippen molar-refractivity contribution in [3.63, 3.8) is 0 Å². The number of carbonyl (C=O) groups is 3. The number of nitrogens with two attached hydrogens (primary N) is 1.